The van der Waals surface area contributed by atoms with E-state index < -0.39 is 68.1 Å². The minimum atomic E-state index is -5.04. The number of thiazole rings is 1. The maximum absolute atomic E-state index is 15.8. The molecule has 3 aliphatic rings. The third-order valence-corrected chi connectivity index (χ3v) is 11.2. The number of alkyl halides is 3. The number of hydrogen-bond donors (Lipinski definition) is 1. The van der Waals surface area contributed by atoms with Gasteiger partial charge in [-0.25, -0.2) is 13.6 Å². The van der Waals surface area contributed by atoms with Crippen LogP contribution in [-0.2, 0) is 22.3 Å². The highest BCUT2D eigenvalue weighted by molar-refractivity contribution is 7.99. The van der Waals surface area contributed by atoms with Gasteiger partial charge < -0.3 is 19.5 Å². The molecule has 1 amide bonds. The van der Waals surface area contributed by atoms with E-state index in [0.717, 1.165) is 17.8 Å². The van der Waals surface area contributed by atoms with Crippen molar-refractivity contribution in [1.82, 2.24) is 19.4 Å². The van der Waals surface area contributed by atoms with E-state index in [-0.39, 0.29) is 70.8 Å². The van der Waals surface area contributed by atoms with Crippen LogP contribution in [0.2, 0.25) is 0 Å². The standard InChI is InChI=1S/C30H26F5N5O4S2/c1-4-19(41)40-13(2)7-38(8-14(40)3)26-15-5-16(30(33,34)35)20(21-17(31)6-18(32)24-22(21)36-28(43)46-24)25-23(15)39(27(42)37-26)9-29(12-45-25)10-44-11-29/h4-6,13-14H,1,7-12H2,2-3H3,(H,36,43)/t13-,14+. The number of H-pyrrole nitrogens is 1. The molecule has 4 aromatic rings. The smallest absolute Gasteiger partial charge is 0.380 e. The third kappa shape index (κ3) is 4.67. The van der Waals surface area contributed by atoms with Crippen molar-refractivity contribution in [3.63, 3.8) is 0 Å². The van der Waals surface area contributed by atoms with Gasteiger partial charge in [-0.2, -0.15) is 18.2 Å². The summed E-state index contributed by atoms with van der Waals surface area (Å²) in [6.45, 7) is 8.08. The second-order valence-electron chi connectivity index (χ2n) is 12.1. The van der Waals surface area contributed by atoms with Gasteiger partial charge in [-0.05, 0) is 26.0 Å². The molecule has 3 aliphatic heterocycles. The van der Waals surface area contributed by atoms with Gasteiger partial charge in [-0.15, -0.1) is 11.8 Å². The number of fused-ring (bicyclic) bond motifs is 1. The van der Waals surface area contributed by atoms with E-state index in [1.165, 1.54) is 10.6 Å². The molecule has 2 fully saturated rings. The minimum absolute atomic E-state index is 0.00836. The molecule has 46 heavy (non-hydrogen) atoms. The van der Waals surface area contributed by atoms with Crippen molar-refractivity contribution in [2.24, 2.45) is 5.41 Å². The molecule has 2 saturated heterocycles. The van der Waals surface area contributed by atoms with E-state index in [9.17, 15) is 18.8 Å². The number of piperazine rings is 1. The van der Waals surface area contributed by atoms with E-state index in [0.29, 0.717) is 17.4 Å². The van der Waals surface area contributed by atoms with Crippen LogP contribution in [-0.4, -0.2) is 69.5 Å². The molecule has 1 N–H and O–H groups in total. The highest BCUT2D eigenvalue weighted by atomic mass is 32.2. The fraction of sp³-hybridized carbons (Fsp3) is 0.400. The fourth-order valence-corrected chi connectivity index (χ4v) is 9.06. The molecule has 2 aromatic heterocycles. The van der Waals surface area contributed by atoms with Crippen LogP contribution in [0.1, 0.15) is 19.4 Å². The number of aromatic nitrogens is 3. The summed E-state index contributed by atoms with van der Waals surface area (Å²) in [5.74, 6) is -2.42. The third-order valence-electron chi connectivity index (χ3n) is 8.84. The van der Waals surface area contributed by atoms with Crippen LogP contribution in [0.5, 0.6) is 0 Å². The van der Waals surface area contributed by atoms with Gasteiger partial charge in [0.05, 0.1) is 34.5 Å². The molecule has 7 rings (SSSR count). The Hall–Kier alpha value is -3.76. The second kappa shape index (κ2) is 10.6. The molecule has 2 atom stereocenters. The zero-order valence-electron chi connectivity index (χ0n) is 24.5. The number of nitrogens with zero attached hydrogens (tertiary/aromatic N) is 4. The van der Waals surface area contributed by atoms with Crippen LogP contribution in [0.25, 0.3) is 32.2 Å². The number of aromatic amines is 1. The topological polar surface area (TPSA) is 101 Å². The quantitative estimate of drug-likeness (QED) is 0.241. The average Bonchev–Trinajstić information content (AvgIpc) is 3.24. The molecule has 0 radical (unpaired) electrons. The summed E-state index contributed by atoms with van der Waals surface area (Å²) >= 11 is 1.46. The highest BCUT2D eigenvalue weighted by Gasteiger charge is 2.45. The summed E-state index contributed by atoms with van der Waals surface area (Å²) in [5, 5.41) is 0.0240. The van der Waals surface area contributed by atoms with E-state index in [4.69, 9.17) is 4.74 Å². The summed E-state index contributed by atoms with van der Waals surface area (Å²) in [6, 6.07) is 0.537. The Morgan fingerprint density at radius 2 is 1.83 bits per heavy atom. The van der Waals surface area contributed by atoms with Crippen LogP contribution in [0.4, 0.5) is 27.8 Å². The molecule has 1 spiro atoms. The lowest BCUT2D eigenvalue weighted by Gasteiger charge is -2.44. The van der Waals surface area contributed by atoms with Crippen molar-refractivity contribution in [1.29, 1.82) is 0 Å². The number of amides is 1. The molecule has 0 aliphatic carbocycles. The predicted octanol–water partition coefficient (Wildman–Crippen LogP) is 5.00. The Labute approximate surface area is 265 Å². The summed E-state index contributed by atoms with van der Waals surface area (Å²) in [4.78, 5) is 47.8. The first-order valence-electron chi connectivity index (χ1n) is 14.3. The number of thioether (sulfide) groups is 1. The van der Waals surface area contributed by atoms with Crippen molar-refractivity contribution in [3.8, 4) is 11.1 Å². The fourth-order valence-electron chi connectivity index (χ4n) is 6.89. The van der Waals surface area contributed by atoms with Gasteiger partial charge >= 0.3 is 16.7 Å². The van der Waals surface area contributed by atoms with Gasteiger partial charge in [0.2, 0.25) is 5.91 Å². The van der Waals surface area contributed by atoms with E-state index in [1.54, 1.807) is 23.6 Å². The summed E-state index contributed by atoms with van der Waals surface area (Å²) in [5.41, 5.74) is -3.98. The van der Waals surface area contributed by atoms with Crippen LogP contribution in [0, 0.1) is 17.0 Å². The normalized spacial score (nSPS) is 21.1. The maximum atomic E-state index is 15.8. The summed E-state index contributed by atoms with van der Waals surface area (Å²) in [6.07, 6.45) is -3.85. The van der Waals surface area contributed by atoms with Crippen molar-refractivity contribution in [3.05, 3.63) is 62.1 Å². The molecule has 5 heterocycles. The molecular weight excluding hydrogens is 653 g/mol. The first-order valence-corrected chi connectivity index (χ1v) is 16.1. The van der Waals surface area contributed by atoms with E-state index in [2.05, 4.69) is 16.5 Å². The van der Waals surface area contributed by atoms with Gasteiger partial charge in [0.1, 0.15) is 17.5 Å². The van der Waals surface area contributed by atoms with Crippen molar-refractivity contribution < 1.29 is 31.5 Å². The number of hydrogen-bond acceptors (Lipinski definition) is 8. The minimum Gasteiger partial charge on any atom is -0.380 e. The van der Waals surface area contributed by atoms with Gasteiger partial charge in [-0.1, -0.05) is 17.9 Å². The van der Waals surface area contributed by atoms with E-state index >= 15 is 17.6 Å². The first-order chi connectivity index (χ1) is 21.7. The van der Waals surface area contributed by atoms with Crippen LogP contribution < -0.4 is 15.5 Å². The monoisotopic (exact) mass is 679 g/mol. The van der Waals surface area contributed by atoms with Gasteiger partial charge in [0.25, 0.3) is 0 Å². The van der Waals surface area contributed by atoms with E-state index in [1.807, 2.05) is 0 Å². The Morgan fingerprint density at radius 1 is 1.13 bits per heavy atom. The molecule has 0 bridgehead atoms. The first kappa shape index (κ1) is 30.9. The molecule has 0 saturated carbocycles. The zero-order chi connectivity index (χ0) is 32.9. The number of carbonyl (C=O) groups excluding carboxylic acids is 1. The van der Waals surface area contributed by atoms with Crippen LogP contribution in [0.3, 0.4) is 0 Å². The van der Waals surface area contributed by atoms with Gasteiger partial charge in [0.15, 0.2) is 0 Å². The number of rotatable bonds is 3. The highest BCUT2D eigenvalue weighted by Crippen LogP contribution is 2.52. The van der Waals surface area contributed by atoms with Crippen molar-refractivity contribution in [2.45, 2.75) is 43.5 Å². The van der Waals surface area contributed by atoms with Crippen molar-refractivity contribution in [2.75, 3.05) is 37.0 Å². The number of anilines is 1. The SMILES string of the molecule is C=CC(=O)N1[C@H](C)CN(c2nc(=O)n3c4c(c(-c5c(F)cc(F)c6sc(=O)[nH]c56)c(C(F)(F)F)cc24)SCC2(COC2)C3)C[C@@H]1C. The maximum Gasteiger partial charge on any atom is 0.417 e. The Morgan fingerprint density at radius 3 is 2.43 bits per heavy atom. The molecule has 2 aromatic carbocycles. The Bertz CT molecular complexity index is 2070. The number of halogens is 5. The number of carbonyl (C=O) groups is 1. The zero-order valence-corrected chi connectivity index (χ0v) is 26.1. The van der Waals surface area contributed by atoms with Crippen LogP contribution >= 0.6 is 23.1 Å². The Kier molecular flexibility index (Phi) is 7.14. The lowest BCUT2D eigenvalue weighted by atomic mass is 9.88. The lowest BCUT2D eigenvalue weighted by molar-refractivity contribution is -0.137. The van der Waals surface area contributed by atoms with Crippen LogP contribution in [0.15, 0.2) is 39.3 Å². The largest absolute Gasteiger partial charge is 0.417 e. The molecule has 9 nitrogen and oxygen atoms in total. The number of ether oxygens (including phenoxy) is 1. The number of benzene rings is 2. The summed E-state index contributed by atoms with van der Waals surface area (Å²) in [7, 11) is 0. The molecule has 0 unspecified atom stereocenters. The lowest BCUT2D eigenvalue weighted by Crippen LogP contribution is -2.58. The molecule has 16 heteroatoms. The average molecular weight is 680 g/mol. The van der Waals surface area contributed by atoms with Gasteiger partial charge in [-0.3, -0.25) is 14.2 Å². The number of nitrogens with one attached hydrogen (secondary N) is 1. The molecular formula is C30H26F5N5O4S2. The molecule has 242 valence electrons. The summed E-state index contributed by atoms with van der Waals surface area (Å²) < 4.78 is 82.5. The Balaban J connectivity index is 1.57. The predicted molar refractivity (Wildman–Crippen MR) is 165 cm³/mol. The van der Waals surface area contributed by atoms with Crippen molar-refractivity contribution >= 4 is 55.9 Å². The van der Waals surface area contributed by atoms with Gasteiger partial charge in [0, 0.05) is 70.4 Å². The second-order valence-corrected chi connectivity index (χ2v) is 14.1.